The molecule has 0 aromatic carbocycles. The van der Waals surface area contributed by atoms with E-state index >= 15 is 0 Å². The Bertz CT molecular complexity index is 451. The minimum absolute atomic E-state index is 0.358. The number of hydrogen-bond acceptors (Lipinski definition) is 3. The van der Waals surface area contributed by atoms with E-state index in [1.54, 1.807) is 39.2 Å². The number of rotatable bonds is 5. The second-order valence-electron chi connectivity index (χ2n) is 5.84. The van der Waals surface area contributed by atoms with E-state index in [4.69, 9.17) is 0 Å². The maximum Gasteiger partial charge on any atom is 0.326 e. The Labute approximate surface area is 123 Å². The Balaban J connectivity index is 2.53. The van der Waals surface area contributed by atoms with Crippen molar-refractivity contribution in [1.29, 1.82) is 0 Å². The lowest BCUT2D eigenvalue weighted by molar-refractivity contribution is -0.142. The van der Waals surface area contributed by atoms with E-state index in [9.17, 15) is 14.7 Å². The van der Waals surface area contributed by atoms with Gasteiger partial charge in [-0.15, -0.1) is 11.3 Å². The summed E-state index contributed by atoms with van der Waals surface area (Å²) < 4.78 is 0. The number of amides is 2. The van der Waals surface area contributed by atoms with Gasteiger partial charge in [-0.2, -0.15) is 0 Å². The normalized spacial score (nSPS) is 12.8. The molecule has 1 atom stereocenters. The number of urea groups is 1. The van der Waals surface area contributed by atoms with E-state index in [1.807, 2.05) is 17.5 Å². The summed E-state index contributed by atoms with van der Waals surface area (Å²) in [5, 5.41) is 13.8. The van der Waals surface area contributed by atoms with Crippen molar-refractivity contribution >= 4 is 23.3 Å². The third-order valence-corrected chi connectivity index (χ3v) is 3.94. The standard InChI is InChI=1S/C14H22N2O3S/c1-14(2,3)11(12(17)18)15-13(19)16(4)8-7-10-6-5-9-20-10/h5-6,9,11H,7-8H2,1-4H3,(H,15,19)(H,17,18)/t11-/m1/s1. The SMILES string of the molecule is CN(CCc1cccs1)C(=O)N[C@H](C(=O)O)C(C)(C)C. The lowest BCUT2D eigenvalue weighted by Crippen LogP contribution is -2.52. The van der Waals surface area contributed by atoms with Crippen molar-refractivity contribution < 1.29 is 14.7 Å². The highest BCUT2D eigenvalue weighted by Gasteiger charge is 2.33. The van der Waals surface area contributed by atoms with E-state index in [0.717, 1.165) is 6.42 Å². The molecule has 0 radical (unpaired) electrons. The molecule has 1 aromatic rings. The van der Waals surface area contributed by atoms with Gasteiger partial charge in [0.25, 0.3) is 0 Å². The molecule has 0 bridgehead atoms. The molecule has 112 valence electrons. The summed E-state index contributed by atoms with van der Waals surface area (Å²) in [5.41, 5.74) is -0.532. The number of carboxylic acids is 1. The van der Waals surface area contributed by atoms with Crippen LogP contribution in [-0.2, 0) is 11.2 Å². The molecule has 0 aliphatic rings. The first kappa shape index (κ1) is 16.5. The number of carboxylic acid groups (broad SMARTS) is 1. The summed E-state index contributed by atoms with van der Waals surface area (Å²) in [5.74, 6) is -1.02. The summed E-state index contributed by atoms with van der Waals surface area (Å²) in [6, 6.07) is 2.73. The molecule has 1 heterocycles. The zero-order valence-corrected chi connectivity index (χ0v) is 13.2. The Hall–Kier alpha value is -1.56. The first-order chi connectivity index (χ1) is 9.21. The summed E-state index contributed by atoms with van der Waals surface area (Å²) in [4.78, 5) is 26.0. The average molecular weight is 298 g/mol. The molecule has 0 unspecified atom stereocenters. The predicted octanol–water partition coefficient (Wildman–Crippen LogP) is 2.43. The number of carbonyl (C=O) groups is 2. The van der Waals surface area contributed by atoms with Gasteiger partial charge >= 0.3 is 12.0 Å². The smallest absolute Gasteiger partial charge is 0.326 e. The van der Waals surface area contributed by atoms with Gasteiger partial charge in [-0.3, -0.25) is 0 Å². The van der Waals surface area contributed by atoms with Crippen LogP contribution in [-0.4, -0.2) is 41.6 Å². The number of hydrogen-bond donors (Lipinski definition) is 2. The summed E-state index contributed by atoms with van der Waals surface area (Å²) in [7, 11) is 1.67. The molecule has 1 rings (SSSR count). The second-order valence-corrected chi connectivity index (χ2v) is 6.87. The lowest BCUT2D eigenvalue weighted by atomic mass is 9.87. The number of carbonyl (C=O) groups excluding carboxylic acids is 1. The third-order valence-electron chi connectivity index (χ3n) is 3.00. The van der Waals surface area contributed by atoms with Crippen LogP contribution in [0.15, 0.2) is 17.5 Å². The highest BCUT2D eigenvalue weighted by atomic mass is 32.1. The van der Waals surface area contributed by atoms with Gasteiger partial charge in [0.1, 0.15) is 6.04 Å². The van der Waals surface area contributed by atoms with Crippen molar-refractivity contribution in [2.45, 2.75) is 33.2 Å². The van der Waals surface area contributed by atoms with Gasteiger partial charge in [-0.05, 0) is 23.3 Å². The van der Waals surface area contributed by atoms with E-state index in [2.05, 4.69) is 5.32 Å². The molecule has 0 aliphatic carbocycles. The Kier molecular flexibility index (Phi) is 5.56. The Morgan fingerprint density at radius 2 is 2.10 bits per heavy atom. The number of thiophene rings is 1. The molecule has 0 saturated carbocycles. The van der Waals surface area contributed by atoms with Crippen molar-refractivity contribution in [2.24, 2.45) is 5.41 Å². The molecular formula is C14H22N2O3S. The maximum atomic E-state index is 12.0. The fourth-order valence-electron chi connectivity index (χ4n) is 1.72. The van der Waals surface area contributed by atoms with Crippen molar-refractivity contribution in [3.05, 3.63) is 22.4 Å². The van der Waals surface area contributed by atoms with Gasteiger partial charge in [0.05, 0.1) is 0 Å². The second kappa shape index (κ2) is 6.74. The van der Waals surface area contributed by atoms with Crippen molar-refractivity contribution in [3.8, 4) is 0 Å². The quantitative estimate of drug-likeness (QED) is 0.877. The molecule has 2 amide bonds. The molecular weight excluding hydrogens is 276 g/mol. The van der Waals surface area contributed by atoms with Crippen molar-refractivity contribution in [2.75, 3.05) is 13.6 Å². The molecule has 0 spiro atoms. The number of aliphatic carboxylic acids is 1. The molecule has 6 heteroatoms. The predicted molar refractivity (Wildman–Crippen MR) is 80.1 cm³/mol. The van der Waals surface area contributed by atoms with Crippen LogP contribution in [0.1, 0.15) is 25.6 Å². The molecule has 2 N–H and O–H groups in total. The number of likely N-dealkylation sites (N-methyl/N-ethyl adjacent to an activating group) is 1. The van der Waals surface area contributed by atoms with Crippen LogP contribution in [0.5, 0.6) is 0 Å². The fraction of sp³-hybridized carbons (Fsp3) is 0.571. The zero-order chi connectivity index (χ0) is 15.3. The van der Waals surface area contributed by atoms with Crippen LogP contribution in [0.25, 0.3) is 0 Å². The minimum Gasteiger partial charge on any atom is -0.480 e. The fourth-order valence-corrected chi connectivity index (χ4v) is 2.41. The van der Waals surface area contributed by atoms with Crippen LogP contribution >= 0.6 is 11.3 Å². The molecule has 0 saturated heterocycles. The lowest BCUT2D eigenvalue weighted by Gasteiger charge is -2.29. The van der Waals surface area contributed by atoms with Crippen LogP contribution in [0, 0.1) is 5.41 Å². The minimum atomic E-state index is -1.02. The highest BCUT2D eigenvalue weighted by Crippen LogP contribution is 2.19. The Morgan fingerprint density at radius 3 is 2.55 bits per heavy atom. The van der Waals surface area contributed by atoms with Gasteiger partial charge in [0.15, 0.2) is 0 Å². The summed E-state index contributed by atoms with van der Waals surface area (Å²) in [6.45, 7) is 5.93. The van der Waals surface area contributed by atoms with Gasteiger partial charge in [0.2, 0.25) is 0 Å². The van der Waals surface area contributed by atoms with Gasteiger partial charge in [-0.25, -0.2) is 9.59 Å². The monoisotopic (exact) mass is 298 g/mol. The van der Waals surface area contributed by atoms with Gasteiger partial charge in [0, 0.05) is 18.5 Å². The van der Waals surface area contributed by atoms with E-state index in [-0.39, 0.29) is 6.03 Å². The van der Waals surface area contributed by atoms with E-state index < -0.39 is 17.4 Å². The van der Waals surface area contributed by atoms with Crippen LogP contribution in [0.3, 0.4) is 0 Å². The highest BCUT2D eigenvalue weighted by molar-refractivity contribution is 7.09. The number of nitrogens with one attached hydrogen (secondary N) is 1. The van der Waals surface area contributed by atoms with Crippen molar-refractivity contribution in [3.63, 3.8) is 0 Å². The van der Waals surface area contributed by atoms with Crippen molar-refractivity contribution in [1.82, 2.24) is 10.2 Å². The molecule has 1 aromatic heterocycles. The maximum absolute atomic E-state index is 12.0. The summed E-state index contributed by atoms with van der Waals surface area (Å²) >= 11 is 1.65. The van der Waals surface area contributed by atoms with Crippen LogP contribution in [0.2, 0.25) is 0 Å². The van der Waals surface area contributed by atoms with Crippen LogP contribution < -0.4 is 5.32 Å². The Morgan fingerprint density at radius 1 is 1.45 bits per heavy atom. The topological polar surface area (TPSA) is 69.6 Å². The first-order valence-corrected chi connectivity index (χ1v) is 7.36. The molecule has 0 fully saturated rings. The average Bonchev–Trinajstić information content (AvgIpc) is 2.83. The van der Waals surface area contributed by atoms with Gasteiger partial charge < -0.3 is 15.3 Å². The largest absolute Gasteiger partial charge is 0.480 e. The van der Waals surface area contributed by atoms with Crippen LogP contribution in [0.4, 0.5) is 4.79 Å². The van der Waals surface area contributed by atoms with E-state index in [0.29, 0.717) is 6.54 Å². The third kappa shape index (κ3) is 4.85. The molecule has 20 heavy (non-hydrogen) atoms. The molecule has 5 nitrogen and oxygen atoms in total. The number of nitrogens with zero attached hydrogens (tertiary/aromatic N) is 1. The molecule has 0 aliphatic heterocycles. The van der Waals surface area contributed by atoms with Gasteiger partial charge in [-0.1, -0.05) is 26.8 Å². The summed E-state index contributed by atoms with van der Waals surface area (Å²) in [6.07, 6.45) is 0.773. The zero-order valence-electron chi connectivity index (χ0n) is 12.3. The van der Waals surface area contributed by atoms with E-state index in [1.165, 1.54) is 9.78 Å². The first-order valence-electron chi connectivity index (χ1n) is 6.48.